The number of rotatable bonds is 6. The Balaban J connectivity index is 1.50. The van der Waals surface area contributed by atoms with Gasteiger partial charge in [-0.25, -0.2) is 0 Å². The van der Waals surface area contributed by atoms with Gasteiger partial charge in [0.05, 0.1) is 0 Å². The standard InChI is InChI=1S/C18H15F2NO4/c19-18(20)25-14-5-1-13(2-6-14)10-21-17(22)8-4-12-3-7-15-16(9-12)24-11-23-15/h1-9,18H,10-11H2,(H,21,22)/b8-4+. The molecule has 0 saturated carbocycles. The van der Waals surface area contributed by atoms with Crippen LogP contribution >= 0.6 is 0 Å². The molecular formula is C18H15F2NO4. The Morgan fingerprint density at radius 3 is 2.68 bits per heavy atom. The minimum Gasteiger partial charge on any atom is -0.454 e. The lowest BCUT2D eigenvalue weighted by molar-refractivity contribution is -0.116. The van der Waals surface area contributed by atoms with Crippen molar-refractivity contribution in [3.05, 3.63) is 59.7 Å². The molecule has 0 spiro atoms. The van der Waals surface area contributed by atoms with Crippen molar-refractivity contribution < 1.29 is 27.8 Å². The second-order valence-electron chi connectivity index (χ2n) is 5.19. The molecule has 2 aromatic rings. The van der Waals surface area contributed by atoms with Crippen LogP contribution in [0.15, 0.2) is 48.5 Å². The average Bonchev–Trinajstić information content (AvgIpc) is 3.06. The Morgan fingerprint density at radius 1 is 1.16 bits per heavy atom. The molecule has 0 fully saturated rings. The first kappa shape index (κ1) is 16.8. The van der Waals surface area contributed by atoms with E-state index in [0.29, 0.717) is 11.5 Å². The van der Waals surface area contributed by atoms with Crippen LogP contribution in [-0.4, -0.2) is 19.3 Å². The predicted molar refractivity (Wildman–Crippen MR) is 86.5 cm³/mol. The number of carbonyl (C=O) groups excluding carboxylic acids is 1. The van der Waals surface area contributed by atoms with Crippen molar-refractivity contribution in [2.24, 2.45) is 0 Å². The summed E-state index contributed by atoms with van der Waals surface area (Å²) >= 11 is 0. The van der Waals surface area contributed by atoms with E-state index in [-0.39, 0.29) is 25.0 Å². The molecular weight excluding hydrogens is 332 g/mol. The highest BCUT2D eigenvalue weighted by molar-refractivity contribution is 5.91. The molecule has 25 heavy (non-hydrogen) atoms. The number of carbonyl (C=O) groups is 1. The number of nitrogens with one attached hydrogen (secondary N) is 1. The summed E-state index contributed by atoms with van der Waals surface area (Å²) in [6.45, 7) is -2.38. The second kappa shape index (κ2) is 7.65. The first-order valence-electron chi connectivity index (χ1n) is 7.49. The van der Waals surface area contributed by atoms with Crippen molar-refractivity contribution in [3.63, 3.8) is 0 Å². The fourth-order valence-corrected chi connectivity index (χ4v) is 2.23. The smallest absolute Gasteiger partial charge is 0.387 e. The van der Waals surface area contributed by atoms with E-state index >= 15 is 0 Å². The number of ether oxygens (including phenoxy) is 3. The first-order valence-corrected chi connectivity index (χ1v) is 7.49. The lowest BCUT2D eigenvalue weighted by Crippen LogP contribution is -2.20. The first-order chi connectivity index (χ1) is 12.1. The van der Waals surface area contributed by atoms with Gasteiger partial charge in [0, 0.05) is 12.6 Å². The third-order valence-electron chi connectivity index (χ3n) is 3.44. The maximum atomic E-state index is 12.1. The van der Waals surface area contributed by atoms with Gasteiger partial charge in [-0.05, 0) is 41.5 Å². The number of fused-ring (bicyclic) bond motifs is 1. The lowest BCUT2D eigenvalue weighted by atomic mass is 10.2. The number of hydrogen-bond donors (Lipinski definition) is 1. The zero-order valence-corrected chi connectivity index (χ0v) is 13.1. The monoisotopic (exact) mass is 347 g/mol. The molecule has 3 rings (SSSR count). The zero-order chi connectivity index (χ0) is 17.6. The van der Waals surface area contributed by atoms with Gasteiger partial charge in [0.1, 0.15) is 5.75 Å². The summed E-state index contributed by atoms with van der Waals surface area (Å²) in [4.78, 5) is 11.9. The highest BCUT2D eigenvalue weighted by Gasteiger charge is 2.12. The Bertz CT molecular complexity index is 775. The molecule has 0 bridgehead atoms. The SMILES string of the molecule is O=C(/C=C/c1ccc2c(c1)OCO2)NCc1ccc(OC(F)F)cc1. The third-order valence-corrected chi connectivity index (χ3v) is 3.44. The third kappa shape index (κ3) is 4.69. The minimum absolute atomic E-state index is 0.0766. The summed E-state index contributed by atoms with van der Waals surface area (Å²) in [6, 6.07) is 11.5. The molecule has 7 heteroatoms. The summed E-state index contributed by atoms with van der Waals surface area (Å²) in [7, 11) is 0. The summed E-state index contributed by atoms with van der Waals surface area (Å²) in [6.07, 6.45) is 3.07. The summed E-state index contributed by atoms with van der Waals surface area (Å²) in [5.41, 5.74) is 1.58. The fraction of sp³-hybridized carbons (Fsp3) is 0.167. The van der Waals surface area contributed by atoms with Crippen molar-refractivity contribution in [1.29, 1.82) is 0 Å². The number of hydrogen-bond acceptors (Lipinski definition) is 4. The van der Waals surface area contributed by atoms with Gasteiger partial charge < -0.3 is 19.5 Å². The van der Waals surface area contributed by atoms with Gasteiger partial charge in [0.15, 0.2) is 11.5 Å². The van der Waals surface area contributed by atoms with Crippen molar-refractivity contribution in [1.82, 2.24) is 5.32 Å². The van der Waals surface area contributed by atoms with E-state index < -0.39 is 6.61 Å². The minimum atomic E-state index is -2.85. The quantitative estimate of drug-likeness (QED) is 0.815. The van der Waals surface area contributed by atoms with Gasteiger partial charge in [-0.3, -0.25) is 4.79 Å². The van der Waals surface area contributed by atoms with E-state index in [2.05, 4.69) is 10.1 Å². The van der Waals surface area contributed by atoms with Crippen LogP contribution in [0.4, 0.5) is 8.78 Å². The van der Waals surface area contributed by atoms with Gasteiger partial charge >= 0.3 is 6.61 Å². The van der Waals surface area contributed by atoms with Crippen LogP contribution in [-0.2, 0) is 11.3 Å². The Kier molecular flexibility index (Phi) is 5.13. The average molecular weight is 347 g/mol. The van der Waals surface area contributed by atoms with Crippen molar-refractivity contribution in [2.45, 2.75) is 13.2 Å². The lowest BCUT2D eigenvalue weighted by Gasteiger charge is -2.06. The number of amides is 1. The van der Waals surface area contributed by atoms with Gasteiger partial charge in [-0.2, -0.15) is 8.78 Å². The maximum absolute atomic E-state index is 12.1. The van der Waals surface area contributed by atoms with E-state index in [1.54, 1.807) is 30.3 Å². The van der Waals surface area contributed by atoms with Gasteiger partial charge in [-0.15, -0.1) is 0 Å². The molecule has 0 aromatic heterocycles. The summed E-state index contributed by atoms with van der Waals surface area (Å²) in [5, 5.41) is 2.71. The molecule has 1 aliphatic rings. The Hall–Kier alpha value is -3.09. The molecule has 0 saturated heterocycles. The van der Waals surface area contributed by atoms with Crippen LogP contribution in [0.5, 0.6) is 17.2 Å². The molecule has 0 aliphatic carbocycles. The van der Waals surface area contributed by atoms with Crippen LogP contribution < -0.4 is 19.5 Å². The van der Waals surface area contributed by atoms with Crippen molar-refractivity contribution >= 4 is 12.0 Å². The van der Waals surface area contributed by atoms with Crippen LogP contribution in [0.2, 0.25) is 0 Å². The number of benzene rings is 2. The van der Waals surface area contributed by atoms with Crippen LogP contribution in [0, 0.1) is 0 Å². The van der Waals surface area contributed by atoms with Crippen LogP contribution in [0.1, 0.15) is 11.1 Å². The Morgan fingerprint density at radius 2 is 1.92 bits per heavy atom. The molecule has 1 amide bonds. The molecule has 0 radical (unpaired) electrons. The molecule has 5 nitrogen and oxygen atoms in total. The van der Waals surface area contributed by atoms with E-state index in [1.165, 1.54) is 18.2 Å². The normalized spacial score (nSPS) is 12.6. The maximum Gasteiger partial charge on any atom is 0.387 e. The van der Waals surface area contributed by atoms with Gasteiger partial charge in [0.2, 0.25) is 12.7 Å². The van der Waals surface area contributed by atoms with E-state index in [1.807, 2.05) is 6.07 Å². The molecule has 130 valence electrons. The van der Waals surface area contributed by atoms with E-state index in [4.69, 9.17) is 9.47 Å². The molecule has 1 heterocycles. The van der Waals surface area contributed by atoms with Gasteiger partial charge in [-0.1, -0.05) is 18.2 Å². The number of alkyl halides is 2. The van der Waals surface area contributed by atoms with Crippen LogP contribution in [0.25, 0.3) is 6.08 Å². The van der Waals surface area contributed by atoms with E-state index in [9.17, 15) is 13.6 Å². The molecule has 0 atom stereocenters. The predicted octanol–water partition coefficient (Wildman–Crippen LogP) is 3.35. The van der Waals surface area contributed by atoms with Crippen molar-refractivity contribution in [3.8, 4) is 17.2 Å². The molecule has 1 N–H and O–H groups in total. The highest BCUT2D eigenvalue weighted by atomic mass is 19.3. The van der Waals surface area contributed by atoms with Crippen LogP contribution in [0.3, 0.4) is 0 Å². The van der Waals surface area contributed by atoms with Gasteiger partial charge in [0.25, 0.3) is 0 Å². The summed E-state index contributed by atoms with van der Waals surface area (Å²) in [5.74, 6) is 1.13. The highest BCUT2D eigenvalue weighted by Crippen LogP contribution is 2.32. The van der Waals surface area contributed by atoms with E-state index in [0.717, 1.165) is 11.1 Å². The topological polar surface area (TPSA) is 56.8 Å². The van der Waals surface area contributed by atoms with Crippen molar-refractivity contribution in [2.75, 3.05) is 6.79 Å². The number of halogens is 2. The zero-order valence-electron chi connectivity index (χ0n) is 13.1. The largest absolute Gasteiger partial charge is 0.454 e. The molecule has 1 aliphatic heterocycles. The molecule has 0 unspecified atom stereocenters. The summed E-state index contributed by atoms with van der Waals surface area (Å²) < 4.78 is 38.9. The second-order valence-corrected chi connectivity index (χ2v) is 5.19. The molecule has 2 aromatic carbocycles. The fourth-order valence-electron chi connectivity index (χ4n) is 2.23. The Labute approximate surface area is 142 Å².